The molecule has 1 saturated heterocycles. The van der Waals surface area contributed by atoms with E-state index >= 15 is 0 Å². The van der Waals surface area contributed by atoms with Gasteiger partial charge in [-0.1, -0.05) is 52.3 Å². The number of rotatable bonds is 7. The maximum atomic E-state index is 13.3. The second-order valence-corrected chi connectivity index (χ2v) is 10.8. The van der Waals surface area contributed by atoms with E-state index in [0.717, 1.165) is 31.3 Å². The molecule has 0 aliphatic carbocycles. The number of amides is 4. The van der Waals surface area contributed by atoms with Crippen molar-refractivity contribution in [1.82, 2.24) is 5.32 Å². The molecule has 5 rings (SSSR count). The van der Waals surface area contributed by atoms with Gasteiger partial charge >= 0.3 is 6.03 Å². The smallest absolute Gasteiger partial charge is 0.335 e. The number of aryl methyl sites for hydroxylation is 1. The van der Waals surface area contributed by atoms with Crippen LogP contribution in [-0.2, 0) is 16.2 Å². The van der Waals surface area contributed by atoms with E-state index in [2.05, 4.69) is 61.4 Å². The normalized spacial score (nSPS) is 14.6. The van der Waals surface area contributed by atoms with E-state index in [-0.39, 0.29) is 5.57 Å². The Balaban J connectivity index is 1.47. The maximum absolute atomic E-state index is 13.3. The zero-order valence-corrected chi connectivity index (χ0v) is 24.8. The number of ether oxygens (including phenoxy) is 2. The molecule has 40 heavy (non-hydrogen) atoms. The van der Waals surface area contributed by atoms with Crippen molar-refractivity contribution < 1.29 is 23.9 Å². The lowest BCUT2D eigenvalue weighted by atomic mass is 10.0. The second-order valence-electron chi connectivity index (χ2n) is 9.07. The summed E-state index contributed by atoms with van der Waals surface area (Å²) in [4.78, 5) is 39.4. The first-order valence-corrected chi connectivity index (χ1v) is 14.1. The average Bonchev–Trinajstić information content (AvgIpc) is 2.92. The summed E-state index contributed by atoms with van der Waals surface area (Å²) in [6, 6.07) is 21.6. The molecule has 0 aromatic heterocycles. The van der Waals surface area contributed by atoms with Crippen LogP contribution in [0.15, 0.2) is 87.3 Å². The second kappa shape index (κ2) is 11.7. The number of carbonyl (C=O) groups excluding carboxylic acids is 3. The summed E-state index contributed by atoms with van der Waals surface area (Å²) in [5.41, 5.74) is 2.86. The van der Waals surface area contributed by atoms with Crippen LogP contribution in [0.2, 0.25) is 0 Å². The number of anilines is 1. The van der Waals surface area contributed by atoms with Gasteiger partial charge in [0.1, 0.15) is 12.2 Å². The van der Waals surface area contributed by atoms with Crippen LogP contribution in [0.25, 0.3) is 16.8 Å². The van der Waals surface area contributed by atoms with Gasteiger partial charge in [-0.25, -0.2) is 9.69 Å². The predicted octanol–water partition coefficient (Wildman–Crippen LogP) is 7.32. The van der Waals surface area contributed by atoms with Crippen LogP contribution in [0.4, 0.5) is 10.5 Å². The van der Waals surface area contributed by atoms with Crippen LogP contribution < -0.4 is 19.7 Å². The Bertz CT molecular complexity index is 1680. The molecule has 1 aliphatic heterocycles. The van der Waals surface area contributed by atoms with Crippen LogP contribution in [0.5, 0.6) is 11.5 Å². The van der Waals surface area contributed by atoms with Gasteiger partial charge < -0.3 is 9.47 Å². The van der Waals surface area contributed by atoms with E-state index in [1.54, 1.807) is 36.4 Å². The van der Waals surface area contributed by atoms with Gasteiger partial charge in [-0.15, -0.1) is 0 Å². The van der Waals surface area contributed by atoms with Gasteiger partial charge in [-0.3, -0.25) is 14.9 Å². The SMILES string of the molecule is CCOc1cc(/C=C2\C(=O)NC(=O)N(c3ccc(Br)cc3)C2=O)cc(Br)c1OCc1c(C)ccc2ccccc12. The summed E-state index contributed by atoms with van der Waals surface area (Å²) < 4.78 is 13.6. The lowest BCUT2D eigenvalue weighted by Gasteiger charge is -2.26. The first-order valence-electron chi connectivity index (χ1n) is 12.5. The molecule has 1 fully saturated rings. The van der Waals surface area contributed by atoms with Crippen molar-refractivity contribution in [1.29, 1.82) is 0 Å². The Morgan fingerprint density at radius 3 is 2.42 bits per heavy atom. The molecular weight excluding hydrogens is 640 g/mol. The maximum Gasteiger partial charge on any atom is 0.335 e. The van der Waals surface area contributed by atoms with Gasteiger partial charge in [0.2, 0.25) is 0 Å². The lowest BCUT2D eigenvalue weighted by Crippen LogP contribution is -2.54. The highest BCUT2D eigenvalue weighted by atomic mass is 79.9. The summed E-state index contributed by atoms with van der Waals surface area (Å²) in [5.74, 6) is -0.547. The Morgan fingerprint density at radius 1 is 0.925 bits per heavy atom. The summed E-state index contributed by atoms with van der Waals surface area (Å²) in [6.45, 7) is 4.60. The molecule has 4 aromatic carbocycles. The molecule has 9 heteroatoms. The summed E-state index contributed by atoms with van der Waals surface area (Å²) in [6.07, 6.45) is 1.43. The van der Waals surface area contributed by atoms with Crippen molar-refractivity contribution in [3.8, 4) is 11.5 Å². The molecule has 202 valence electrons. The van der Waals surface area contributed by atoms with Gasteiger partial charge in [-0.2, -0.15) is 0 Å². The Labute approximate surface area is 248 Å². The van der Waals surface area contributed by atoms with Crippen molar-refractivity contribution in [2.45, 2.75) is 20.5 Å². The van der Waals surface area contributed by atoms with E-state index in [9.17, 15) is 14.4 Å². The van der Waals surface area contributed by atoms with Crippen LogP contribution in [0.1, 0.15) is 23.6 Å². The number of nitrogens with one attached hydrogen (secondary N) is 1. The molecule has 0 saturated carbocycles. The Hall–Kier alpha value is -3.95. The van der Waals surface area contributed by atoms with Crippen molar-refractivity contribution >= 4 is 72.2 Å². The van der Waals surface area contributed by atoms with Crippen LogP contribution in [0, 0.1) is 6.92 Å². The zero-order valence-electron chi connectivity index (χ0n) is 21.7. The molecule has 4 amide bonds. The molecule has 1 heterocycles. The highest BCUT2D eigenvalue weighted by Crippen LogP contribution is 2.39. The van der Waals surface area contributed by atoms with E-state index < -0.39 is 17.8 Å². The number of imide groups is 2. The van der Waals surface area contributed by atoms with Gasteiger partial charge in [0, 0.05) is 10.0 Å². The molecular formula is C31H24Br2N2O5. The number of fused-ring (bicyclic) bond motifs is 1. The van der Waals surface area contributed by atoms with Crippen molar-refractivity contribution in [2.75, 3.05) is 11.5 Å². The predicted molar refractivity (Wildman–Crippen MR) is 161 cm³/mol. The van der Waals surface area contributed by atoms with Crippen molar-refractivity contribution in [3.63, 3.8) is 0 Å². The van der Waals surface area contributed by atoms with Crippen molar-refractivity contribution in [3.05, 3.63) is 104 Å². The first kappa shape index (κ1) is 27.6. The Morgan fingerprint density at radius 2 is 1.68 bits per heavy atom. The zero-order chi connectivity index (χ0) is 28.4. The number of urea groups is 1. The molecule has 1 aliphatic rings. The van der Waals surface area contributed by atoms with Gasteiger partial charge in [-0.05, 0) is 94.2 Å². The fourth-order valence-corrected chi connectivity index (χ4v) is 5.34. The average molecular weight is 664 g/mol. The van der Waals surface area contributed by atoms with Crippen LogP contribution in [0.3, 0.4) is 0 Å². The number of barbiturate groups is 1. The highest BCUT2D eigenvalue weighted by molar-refractivity contribution is 9.10. The van der Waals surface area contributed by atoms with Gasteiger partial charge in [0.25, 0.3) is 11.8 Å². The molecule has 0 atom stereocenters. The Kier molecular flexibility index (Phi) is 8.04. The van der Waals surface area contributed by atoms with E-state index in [1.165, 1.54) is 6.08 Å². The van der Waals surface area contributed by atoms with E-state index in [1.807, 2.05) is 26.0 Å². The minimum Gasteiger partial charge on any atom is -0.490 e. The molecule has 0 spiro atoms. The lowest BCUT2D eigenvalue weighted by molar-refractivity contribution is -0.122. The minimum atomic E-state index is -0.807. The van der Waals surface area contributed by atoms with E-state index in [0.29, 0.717) is 40.4 Å². The van der Waals surface area contributed by atoms with Crippen molar-refractivity contribution in [2.24, 2.45) is 0 Å². The molecule has 0 bridgehead atoms. The monoisotopic (exact) mass is 662 g/mol. The minimum absolute atomic E-state index is 0.183. The largest absolute Gasteiger partial charge is 0.490 e. The quantitative estimate of drug-likeness (QED) is 0.166. The summed E-state index contributed by atoms with van der Waals surface area (Å²) in [5, 5.41) is 4.49. The number of benzene rings is 4. The third kappa shape index (κ3) is 5.52. The number of hydrogen-bond acceptors (Lipinski definition) is 5. The highest BCUT2D eigenvalue weighted by Gasteiger charge is 2.36. The number of carbonyl (C=O) groups is 3. The number of hydrogen-bond donors (Lipinski definition) is 1. The standard InChI is InChI=1S/C31H24Br2N2O5/c1-3-39-27-16-19(14-24-29(36)34-31(38)35(30(24)37)22-12-10-21(32)11-13-22)15-26(33)28(27)40-17-25-18(2)8-9-20-6-4-5-7-23(20)25/h4-16H,3,17H2,1-2H3,(H,34,36,38)/b24-14+. The van der Waals surface area contributed by atoms with E-state index in [4.69, 9.17) is 9.47 Å². The van der Waals surface area contributed by atoms with Crippen LogP contribution >= 0.6 is 31.9 Å². The molecule has 7 nitrogen and oxygen atoms in total. The fourth-order valence-electron chi connectivity index (χ4n) is 4.50. The topological polar surface area (TPSA) is 84.9 Å². The number of halogens is 2. The summed E-state index contributed by atoms with van der Waals surface area (Å²) in [7, 11) is 0. The van der Waals surface area contributed by atoms with Gasteiger partial charge in [0.05, 0.1) is 16.8 Å². The molecule has 1 N–H and O–H groups in total. The fraction of sp³-hybridized carbons (Fsp3) is 0.129. The first-order chi connectivity index (χ1) is 19.3. The van der Waals surface area contributed by atoms with Crippen LogP contribution in [-0.4, -0.2) is 24.5 Å². The summed E-state index contributed by atoms with van der Waals surface area (Å²) >= 11 is 6.92. The number of nitrogens with zero attached hydrogens (tertiary/aromatic N) is 1. The molecule has 0 unspecified atom stereocenters. The third-order valence-electron chi connectivity index (χ3n) is 6.46. The molecule has 4 aromatic rings. The third-order valence-corrected chi connectivity index (χ3v) is 7.58. The molecule has 0 radical (unpaired) electrons. The van der Waals surface area contributed by atoms with Gasteiger partial charge in [0.15, 0.2) is 11.5 Å².